The molecule has 21 heavy (non-hydrogen) atoms. The van der Waals surface area contributed by atoms with Gasteiger partial charge in [-0.3, -0.25) is 4.79 Å². The molecule has 1 aromatic rings. The first-order valence-corrected chi connectivity index (χ1v) is 6.61. The van der Waals surface area contributed by atoms with E-state index in [1.807, 2.05) is 0 Å². The Bertz CT molecular complexity index is 594. The van der Waals surface area contributed by atoms with Crippen molar-refractivity contribution in [2.75, 3.05) is 13.1 Å². The second kappa shape index (κ2) is 4.37. The molecule has 3 rings (SSSR count). The highest BCUT2D eigenvalue weighted by Gasteiger charge is 2.62. The van der Waals surface area contributed by atoms with Crippen LogP contribution in [-0.4, -0.2) is 45.9 Å². The molecule has 0 saturated carbocycles. The lowest BCUT2D eigenvalue weighted by molar-refractivity contribution is -0.297. The average molecular weight is 301 g/mol. The third-order valence-electron chi connectivity index (χ3n) is 4.27. The number of nitrogens with zero attached hydrogens (tertiary/aromatic N) is 1. The van der Waals surface area contributed by atoms with Crippen LogP contribution in [0, 0.1) is 0 Å². The molecule has 1 atom stereocenters. The van der Waals surface area contributed by atoms with E-state index < -0.39 is 36.7 Å². The van der Waals surface area contributed by atoms with Crippen LogP contribution in [0.5, 0.6) is 5.75 Å². The highest BCUT2D eigenvalue weighted by Crippen LogP contribution is 2.43. The Kier molecular flexibility index (Phi) is 2.95. The van der Waals surface area contributed by atoms with Crippen LogP contribution in [0.15, 0.2) is 18.2 Å². The van der Waals surface area contributed by atoms with Crippen LogP contribution >= 0.6 is 0 Å². The number of aromatic hydroxyl groups is 1. The molecule has 2 N–H and O–H groups in total. The van der Waals surface area contributed by atoms with Crippen molar-refractivity contribution >= 4 is 5.91 Å². The van der Waals surface area contributed by atoms with Gasteiger partial charge in [0.25, 0.3) is 0 Å². The van der Waals surface area contributed by atoms with Gasteiger partial charge in [0.05, 0.1) is 19.0 Å². The quantitative estimate of drug-likeness (QED) is 0.827. The van der Waals surface area contributed by atoms with E-state index in [4.69, 9.17) is 0 Å². The van der Waals surface area contributed by atoms with Gasteiger partial charge in [-0.05, 0) is 24.5 Å². The molecule has 0 bridgehead atoms. The monoisotopic (exact) mass is 301 g/mol. The van der Waals surface area contributed by atoms with Gasteiger partial charge in [-0.15, -0.1) is 0 Å². The van der Waals surface area contributed by atoms with Gasteiger partial charge < -0.3 is 15.1 Å². The highest BCUT2D eigenvalue weighted by atomic mass is 19.4. The molecule has 1 aliphatic carbocycles. The first kappa shape index (κ1) is 14.2. The van der Waals surface area contributed by atoms with E-state index in [0.29, 0.717) is 18.4 Å². The molecule has 1 aliphatic heterocycles. The second-order valence-electron chi connectivity index (χ2n) is 5.66. The summed E-state index contributed by atoms with van der Waals surface area (Å²) in [6, 6.07) is 4.93. The number of amides is 1. The number of benzene rings is 1. The number of aryl methyl sites for hydroxylation is 1. The number of fused-ring (bicyclic) bond motifs is 1. The molecule has 1 fully saturated rings. The molecule has 2 aliphatic rings. The van der Waals surface area contributed by atoms with Gasteiger partial charge in [0.15, 0.2) is 5.60 Å². The third kappa shape index (κ3) is 2.07. The van der Waals surface area contributed by atoms with Crippen LogP contribution in [0.4, 0.5) is 13.2 Å². The van der Waals surface area contributed by atoms with Gasteiger partial charge in [0.1, 0.15) is 5.75 Å². The lowest BCUT2D eigenvalue weighted by Crippen LogP contribution is -2.70. The molecule has 0 aromatic heterocycles. The standard InChI is InChI=1S/C14H14F3NO3/c15-14(16,17)13(21)6-18(7-13)12(20)9-5-4-8-2-1-3-10(19)11(8)9/h1-3,9,19,21H,4-7H2. The van der Waals surface area contributed by atoms with Crippen LogP contribution in [0.25, 0.3) is 0 Å². The molecule has 4 nitrogen and oxygen atoms in total. The minimum absolute atomic E-state index is 0.00467. The van der Waals surface area contributed by atoms with Crippen molar-refractivity contribution in [3.63, 3.8) is 0 Å². The van der Waals surface area contributed by atoms with E-state index in [-0.39, 0.29) is 5.75 Å². The van der Waals surface area contributed by atoms with Crippen LogP contribution < -0.4 is 0 Å². The number of aliphatic hydroxyl groups is 1. The van der Waals surface area contributed by atoms with E-state index in [9.17, 15) is 28.2 Å². The number of hydrogen-bond donors (Lipinski definition) is 2. The second-order valence-corrected chi connectivity index (χ2v) is 5.66. The molecule has 1 saturated heterocycles. The predicted molar refractivity (Wildman–Crippen MR) is 66.8 cm³/mol. The average Bonchev–Trinajstić information content (AvgIpc) is 2.78. The third-order valence-corrected chi connectivity index (χ3v) is 4.27. The lowest BCUT2D eigenvalue weighted by atomic mass is 9.90. The minimum Gasteiger partial charge on any atom is -0.508 e. The molecular weight excluding hydrogens is 287 g/mol. The number of hydrogen-bond acceptors (Lipinski definition) is 3. The molecule has 1 unspecified atom stereocenters. The topological polar surface area (TPSA) is 60.8 Å². The van der Waals surface area contributed by atoms with Crippen LogP contribution in [-0.2, 0) is 11.2 Å². The molecule has 7 heteroatoms. The summed E-state index contributed by atoms with van der Waals surface area (Å²) in [5.41, 5.74) is -1.45. The van der Waals surface area contributed by atoms with Crippen LogP contribution in [0.3, 0.4) is 0 Å². The number of halogens is 3. The number of carbonyl (C=O) groups excluding carboxylic acids is 1. The Morgan fingerprint density at radius 3 is 2.62 bits per heavy atom. The number of likely N-dealkylation sites (tertiary alicyclic amines) is 1. The summed E-state index contributed by atoms with van der Waals surface area (Å²) in [6.07, 6.45) is -3.66. The zero-order valence-corrected chi connectivity index (χ0v) is 11.0. The van der Waals surface area contributed by atoms with Gasteiger partial charge in [-0.2, -0.15) is 13.2 Å². The summed E-state index contributed by atoms with van der Waals surface area (Å²) in [5.74, 6) is -1.10. The Hall–Kier alpha value is -1.76. The number of carbonyl (C=O) groups is 1. The van der Waals surface area contributed by atoms with Crippen molar-refractivity contribution in [1.29, 1.82) is 0 Å². The van der Waals surface area contributed by atoms with Gasteiger partial charge in [0, 0.05) is 5.56 Å². The molecular formula is C14H14F3NO3. The largest absolute Gasteiger partial charge is 0.508 e. The van der Waals surface area contributed by atoms with Crippen molar-refractivity contribution < 1.29 is 28.2 Å². The molecule has 0 spiro atoms. The first-order valence-electron chi connectivity index (χ1n) is 6.61. The summed E-state index contributed by atoms with van der Waals surface area (Å²) >= 11 is 0. The smallest absolute Gasteiger partial charge is 0.420 e. The van der Waals surface area contributed by atoms with Gasteiger partial charge in [-0.25, -0.2) is 0 Å². The van der Waals surface area contributed by atoms with E-state index in [1.54, 1.807) is 12.1 Å². The Morgan fingerprint density at radius 2 is 2.00 bits per heavy atom. The summed E-state index contributed by atoms with van der Waals surface area (Å²) in [6.45, 7) is -1.48. The molecule has 0 radical (unpaired) electrons. The summed E-state index contributed by atoms with van der Waals surface area (Å²) in [4.78, 5) is 13.3. The number of phenols is 1. The van der Waals surface area contributed by atoms with Crippen LogP contribution in [0.1, 0.15) is 23.5 Å². The molecule has 1 aromatic carbocycles. The maximum atomic E-state index is 12.6. The fourth-order valence-electron chi connectivity index (χ4n) is 3.05. The summed E-state index contributed by atoms with van der Waals surface area (Å²) < 4.78 is 37.7. The summed E-state index contributed by atoms with van der Waals surface area (Å²) in [5, 5.41) is 19.2. The normalized spacial score (nSPS) is 23.6. The number of β-amino-alcohol motifs (C(OH)–C–C–N with tert-alkyl or cyclic N) is 1. The zero-order valence-electron chi connectivity index (χ0n) is 11.0. The van der Waals surface area contributed by atoms with Gasteiger partial charge >= 0.3 is 6.18 Å². The van der Waals surface area contributed by atoms with Crippen molar-refractivity contribution in [1.82, 2.24) is 4.90 Å². The SMILES string of the molecule is O=C(C1CCc2cccc(O)c21)N1CC(O)(C(F)(F)F)C1. The first-order chi connectivity index (χ1) is 9.73. The number of alkyl halides is 3. The van der Waals surface area contributed by atoms with Crippen LogP contribution in [0.2, 0.25) is 0 Å². The fourth-order valence-corrected chi connectivity index (χ4v) is 3.05. The van der Waals surface area contributed by atoms with Crippen molar-refractivity contribution in [3.05, 3.63) is 29.3 Å². The molecule has 1 heterocycles. The maximum Gasteiger partial charge on any atom is 0.420 e. The Labute approximate surface area is 118 Å². The number of rotatable bonds is 1. The lowest BCUT2D eigenvalue weighted by Gasteiger charge is -2.47. The van der Waals surface area contributed by atoms with Crippen molar-refractivity contribution in [2.45, 2.75) is 30.5 Å². The van der Waals surface area contributed by atoms with Gasteiger partial charge in [0.2, 0.25) is 5.91 Å². The van der Waals surface area contributed by atoms with E-state index in [0.717, 1.165) is 10.5 Å². The minimum atomic E-state index is -4.74. The maximum absolute atomic E-state index is 12.6. The van der Waals surface area contributed by atoms with Crippen molar-refractivity contribution in [2.24, 2.45) is 0 Å². The van der Waals surface area contributed by atoms with E-state index >= 15 is 0 Å². The van der Waals surface area contributed by atoms with Gasteiger partial charge in [-0.1, -0.05) is 12.1 Å². The Morgan fingerprint density at radius 1 is 1.33 bits per heavy atom. The number of phenolic OH excluding ortho intramolecular Hbond substituents is 1. The van der Waals surface area contributed by atoms with E-state index in [2.05, 4.69) is 0 Å². The van der Waals surface area contributed by atoms with E-state index in [1.165, 1.54) is 6.07 Å². The predicted octanol–water partition coefficient (Wildman–Crippen LogP) is 1.56. The molecule has 1 amide bonds. The fraction of sp³-hybridized carbons (Fsp3) is 0.500. The highest BCUT2D eigenvalue weighted by molar-refractivity contribution is 5.87. The molecule has 114 valence electrons. The summed E-state index contributed by atoms with van der Waals surface area (Å²) in [7, 11) is 0. The zero-order chi connectivity index (χ0) is 15.4. The Balaban J connectivity index is 1.76. The van der Waals surface area contributed by atoms with Crippen molar-refractivity contribution in [3.8, 4) is 5.75 Å².